The molecule has 0 unspecified atom stereocenters. The molecular weight excluding hydrogens is 437 g/mol. The molecule has 5 nitrogen and oxygen atoms in total. The highest BCUT2D eigenvalue weighted by Gasteiger charge is 2.25. The summed E-state index contributed by atoms with van der Waals surface area (Å²) in [6.45, 7) is 8.97. The second-order valence-corrected chi connectivity index (χ2v) is 10.2. The Morgan fingerprint density at radius 2 is 2.03 bits per heavy atom. The van der Waals surface area contributed by atoms with E-state index in [4.69, 9.17) is 4.74 Å². The molecule has 33 heavy (non-hydrogen) atoms. The summed E-state index contributed by atoms with van der Waals surface area (Å²) in [6, 6.07) is 4.96. The number of benzene rings is 1. The lowest BCUT2D eigenvalue weighted by molar-refractivity contribution is -0.132. The Labute approximate surface area is 199 Å². The first-order chi connectivity index (χ1) is 15.9. The zero-order valence-electron chi connectivity index (χ0n) is 19.9. The lowest BCUT2D eigenvalue weighted by atomic mass is 10.0. The number of aryl methyl sites for hydroxylation is 1. The molecule has 4 rings (SSSR count). The molecule has 0 radical (unpaired) electrons. The minimum Gasteiger partial charge on any atom is -0.494 e. The molecule has 2 aromatic rings. The van der Waals surface area contributed by atoms with Crippen molar-refractivity contribution < 1.29 is 13.9 Å². The van der Waals surface area contributed by atoms with Gasteiger partial charge in [0.1, 0.15) is 0 Å². The van der Waals surface area contributed by atoms with Crippen LogP contribution in [0, 0.1) is 18.7 Å². The van der Waals surface area contributed by atoms with E-state index in [0.717, 1.165) is 66.4 Å². The fraction of sp³-hybridized carbons (Fsp3) is 0.462. The predicted molar refractivity (Wildman–Crippen MR) is 131 cm³/mol. The van der Waals surface area contributed by atoms with Crippen molar-refractivity contribution in [2.45, 2.75) is 40.0 Å². The molecule has 2 aliphatic rings. The van der Waals surface area contributed by atoms with E-state index in [1.165, 1.54) is 18.1 Å². The Kier molecular flexibility index (Phi) is 7.17. The number of ether oxygens (including phenoxy) is 1. The molecule has 0 fully saturated rings. The number of methoxy groups -OCH3 is 1. The molecule has 7 heteroatoms. The van der Waals surface area contributed by atoms with Gasteiger partial charge in [0.25, 0.3) is 0 Å². The molecule has 176 valence electrons. The van der Waals surface area contributed by atoms with Crippen LogP contribution >= 0.6 is 11.3 Å². The van der Waals surface area contributed by atoms with Crippen LogP contribution in [0.15, 0.2) is 36.0 Å². The van der Waals surface area contributed by atoms with E-state index in [9.17, 15) is 9.18 Å². The summed E-state index contributed by atoms with van der Waals surface area (Å²) in [5.74, 6) is 0.293. The minimum absolute atomic E-state index is 0.167. The molecule has 0 N–H and O–H groups in total. The predicted octanol–water partition coefficient (Wildman–Crippen LogP) is 4.86. The number of aromatic nitrogens is 1. The number of thiazole rings is 1. The molecule has 0 atom stereocenters. The lowest BCUT2D eigenvalue weighted by Crippen LogP contribution is -2.42. The van der Waals surface area contributed by atoms with Crippen molar-refractivity contribution in [2.75, 3.05) is 33.3 Å². The fourth-order valence-electron chi connectivity index (χ4n) is 4.56. The molecule has 0 saturated heterocycles. The number of fused-ring (bicyclic) bond motifs is 1. The van der Waals surface area contributed by atoms with E-state index >= 15 is 0 Å². The standard InChI is InChI=1S/C26H32FN3O2S/c1-17(2)23-14-19(20-7-8-21(27)24(15-20)32-4)6-5-11-30(23)16-26(31)29-12-9-22-25(10-13-29)33-18(3)28-22/h6-8,14-15,17H,5,9-13,16H2,1-4H3. The molecule has 1 aromatic carbocycles. The smallest absolute Gasteiger partial charge is 0.242 e. The number of halogens is 1. The summed E-state index contributed by atoms with van der Waals surface area (Å²) in [7, 11) is 1.48. The maximum Gasteiger partial charge on any atom is 0.242 e. The van der Waals surface area contributed by atoms with Crippen LogP contribution in [0.4, 0.5) is 4.39 Å². The summed E-state index contributed by atoms with van der Waals surface area (Å²) in [6.07, 6.45) is 6.84. The van der Waals surface area contributed by atoms with E-state index in [2.05, 4.69) is 35.9 Å². The van der Waals surface area contributed by atoms with E-state index < -0.39 is 0 Å². The van der Waals surface area contributed by atoms with Gasteiger partial charge in [-0.25, -0.2) is 9.37 Å². The van der Waals surface area contributed by atoms with Crippen LogP contribution in [0.25, 0.3) is 5.57 Å². The molecule has 0 saturated carbocycles. The van der Waals surface area contributed by atoms with Gasteiger partial charge >= 0.3 is 0 Å². The maximum atomic E-state index is 13.9. The van der Waals surface area contributed by atoms with Crippen LogP contribution in [0.5, 0.6) is 5.75 Å². The fourth-order valence-corrected chi connectivity index (χ4v) is 5.53. The van der Waals surface area contributed by atoms with E-state index in [0.29, 0.717) is 6.54 Å². The highest BCUT2D eigenvalue weighted by atomic mass is 32.1. The van der Waals surface area contributed by atoms with Crippen molar-refractivity contribution in [3.8, 4) is 5.75 Å². The number of allylic oxidation sites excluding steroid dienone is 3. The van der Waals surface area contributed by atoms with Gasteiger partial charge in [0.15, 0.2) is 11.6 Å². The summed E-state index contributed by atoms with van der Waals surface area (Å²) in [4.78, 5) is 23.4. The van der Waals surface area contributed by atoms with E-state index in [1.54, 1.807) is 23.5 Å². The SMILES string of the molecule is COc1cc(C2=CCCN(CC(=O)N3CCc4nc(C)sc4CC3)C(C(C)C)=C2)ccc1F. The van der Waals surface area contributed by atoms with Gasteiger partial charge in [0.2, 0.25) is 5.91 Å². The second-order valence-electron chi connectivity index (χ2n) is 8.93. The first-order valence-electron chi connectivity index (χ1n) is 11.6. The molecule has 2 aliphatic heterocycles. The molecule has 1 amide bonds. The van der Waals surface area contributed by atoms with Gasteiger partial charge in [-0.2, -0.15) is 0 Å². The number of carbonyl (C=O) groups is 1. The van der Waals surface area contributed by atoms with Crippen molar-refractivity contribution in [3.05, 3.63) is 63.0 Å². The number of rotatable bonds is 5. The van der Waals surface area contributed by atoms with Crippen LogP contribution in [-0.4, -0.2) is 54.0 Å². The zero-order valence-corrected chi connectivity index (χ0v) is 20.7. The van der Waals surface area contributed by atoms with Gasteiger partial charge in [0.05, 0.1) is 24.4 Å². The monoisotopic (exact) mass is 469 g/mol. The summed E-state index contributed by atoms with van der Waals surface area (Å²) in [5.41, 5.74) is 4.24. The second kappa shape index (κ2) is 10.1. The third-order valence-corrected chi connectivity index (χ3v) is 7.37. The summed E-state index contributed by atoms with van der Waals surface area (Å²) < 4.78 is 19.1. The first kappa shape index (κ1) is 23.5. The van der Waals surface area contributed by atoms with Crippen LogP contribution in [0.3, 0.4) is 0 Å². The van der Waals surface area contributed by atoms with E-state index in [1.807, 2.05) is 11.8 Å². The molecule has 0 spiro atoms. The van der Waals surface area contributed by atoms with Crippen molar-refractivity contribution in [3.63, 3.8) is 0 Å². The first-order valence-corrected chi connectivity index (χ1v) is 12.4. The van der Waals surface area contributed by atoms with Crippen LogP contribution < -0.4 is 4.74 Å². The molecule has 1 aromatic heterocycles. The maximum absolute atomic E-state index is 13.9. The quantitative estimate of drug-likeness (QED) is 0.628. The number of carbonyl (C=O) groups excluding carboxylic acids is 1. The van der Waals surface area contributed by atoms with Crippen molar-refractivity contribution in [1.82, 2.24) is 14.8 Å². The van der Waals surface area contributed by atoms with Crippen molar-refractivity contribution >= 4 is 22.8 Å². The zero-order chi connectivity index (χ0) is 23.5. The van der Waals surface area contributed by atoms with Crippen molar-refractivity contribution in [2.24, 2.45) is 5.92 Å². The van der Waals surface area contributed by atoms with E-state index in [-0.39, 0.29) is 23.4 Å². The van der Waals surface area contributed by atoms with Crippen molar-refractivity contribution in [1.29, 1.82) is 0 Å². The van der Waals surface area contributed by atoms with Gasteiger partial charge < -0.3 is 14.5 Å². The Morgan fingerprint density at radius 3 is 2.79 bits per heavy atom. The van der Waals surface area contributed by atoms with Crippen LogP contribution in [-0.2, 0) is 17.6 Å². The topological polar surface area (TPSA) is 45.7 Å². The number of amides is 1. The molecule has 0 aliphatic carbocycles. The molecule has 3 heterocycles. The van der Waals surface area contributed by atoms with Gasteiger partial charge in [0, 0.05) is 43.1 Å². The van der Waals surface area contributed by atoms with Gasteiger partial charge in [-0.15, -0.1) is 11.3 Å². The minimum atomic E-state index is -0.368. The highest BCUT2D eigenvalue weighted by Crippen LogP contribution is 2.30. The molecule has 0 bridgehead atoms. The number of nitrogens with zero attached hydrogens (tertiary/aromatic N) is 3. The highest BCUT2D eigenvalue weighted by molar-refractivity contribution is 7.11. The Morgan fingerprint density at radius 1 is 1.24 bits per heavy atom. The third kappa shape index (κ3) is 5.29. The average Bonchev–Trinajstić information content (AvgIpc) is 2.93. The molecular formula is C26H32FN3O2S. The third-order valence-electron chi connectivity index (χ3n) is 6.30. The van der Waals surface area contributed by atoms with Gasteiger partial charge in [-0.1, -0.05) is 26.0 Å². The number of hydrogen-bond acceptors (Lipinski definition) is 5. The number of hydrogen-bond donors (Lipinski definition) is 0. The summed E-state index contributed by atoms with van der Waals surface area (Å²) >= 11 is 1.75. The Balaban J connectivity index is 1.49. The van der Waals surface area contributed by atoms with Gasteiger partial charge in [-0.3, -0.25) is 4.79 Å². The van der Waals surface area contributed by atoms with Crippen LogP contribution in [0.1, 0.15) is 41.4 Å². The van der Waals surface area contributed by atoms with Gasteiger partial charge in [-0.05, 0) is 48.6 Å². The van der Waals surface area contributed by atoms with Crippen LogP contribution in [0.2, 0.25) is 0 Å². The Bertz CT molecular complexity index is 1060. The largest absolute Gasteiger partial charge is 0.494 e. The summed E-state index contributed by atoms with van der Waals surface area (Å²) in [5, 5.41) is 1.11. The lowest BCUT2D eigenvalue weighted by Gasteiger charge is -2.31. The Hall–Kier alpha value is -2.67. The average molecular weight is 470 g/mol. The normalized spacial score (nSPS) is 16.7.